The second-order valence-electron chi connectivity index (χ2n) is 3.78. The van der Waals surface area contributed by atoms with Gasteiger partial charge in [-0.3, -0.25) is 4.79 Å². The number of anilines is 1. The molecule has 4 heteroatoms. The molecule has 1 aromatic carbocycles. The third-order valence-electron chi connectivity index (χ3n) is 2.84. The minimum absolute atomic E-state index is 0.0825. The number of hydrogen-bond acceptors (Lipinski definition) is 2. The van der Waals surface area contributed by atoms with E-state index >= 15 is 0 Å². The van der Waals surface area contributed by atoms with Crippen molar-refractivity contribution < 1.29 is 4.79 Å². The second-order valence-corrected chi connectivity index (χ2v) is 4.19. The fourth-order valence-electron chi connectivity index (χ4n) is 1.93. The zero-order chi connectivity index (χ0) is 11.0. The maximum Gasteiger partial charge on any atom is 0.219 e. The lowest BCUT2D eigenvalue weighted by atomic mass is 9.98. The highest BCUT2D eigenvalue weighted by Crippen LogP contribution is 2.30. The first-order chi connectivity index (χ1) is 7.09. The number of rotatable bonds is 0. The molecule has 3 nitrogen and oxygen atoms in total. The Morgan fingerprint density at radius 1 is 1.47 bits per heavy atom. The van der Waals surface area contributed by atoms with Gasteiger partial charge in [0.15, 0.2) is 0 Å². The summed E-state index contributed by atoms with van der Waals surface area (Å²) in [6.07, 6.45) is 0.793. The second kappa shape index (κ2) is 3.74. The van der Waals surface area contributed by atoms with Crippen LogP contribution in [-0.2, 0) is 17.8 Å². The van der Waals surface area contributed by atoms with Crippen molar-refractivity contribution in [2.45, 2.75) is 19.9 Å². The number of amides is 1. The average Bonchev–Trinajstić information content (AvgIpc) is 2.23. The van der Waals surface area contributed by atoms with Crippen molar-refractivity contribution in [2.24, 2.45) is 0 Å². The highest BCUT2D eigenvalue weighted by atomic mass is 35.5. The number of nitrogens with two attached hydrogens (primary N) is 1. The molecule has 0 saturated carbocycles. The number of nitrogen functional groups attached to an aromatic ring is 1. The first-order valence-corrected chi connectivity index (χ1v) is 5.28. The summed E-state index contributed by atoms with van der Waals surface area (Å²) < 4.78 is 0. The van der Waals surface area contributed by atoms with E-state index in [2.05, 4.69) is 0 Å². The van der Waals surface area contributed by atoms with Gasteiger partial charge in [0.2, 0.25) is 5.91 Å². The lowest BCUT2D eigenvalue weighted by Gasteiger charge is -2.29. The van der Waals surface area contributed by atoms with Crippen molar-refractivity contribution in [3.63, 3.8) is 0 Å². The van der Waals surface area contributed by atoms with Crippen molar-refractivity contribution >= 4 is 23.2 Å². The molecule has 1 aromatic rings. The smallest absolute Gasteiger partial charge is 0.219 e. The summed E-state index contributed by atoms with van der Waals surface area (Å²) >= 11 is 6.09. The average molecular weight is 225 g/mol. The van der Waals surface area contributed by atoms with Gasteiger partial charge >= 0.3 is 0 Å². The van der Waals surface area contributed by atoms with Crippen LogP contribution in [0.15, 0.2) is 12.1 Å². The summed E-state index contributed by atoms with van der Waals surface area (Å²) in [5, 5.41) is 0.699. The van der Waals surface area contributed by atoms with E-state index in [1.54, 1.807) is 17.9 Å². The Hall–Kier alpha value is -1.22. The Morgan fingerprint density at radius 2 is 2.20 bits per heavy atom. The number of carbonyl (C=O) groups excluding carboxylic acids is 1. The van der Waals surface area contributed by atoms with E-state index in [1.807, 2.05) is 6.07 Å². The largest absolute Gasteiger partial charge is 0.398 e. The summed E-state index contributed by atoms with van der Waals surface area (Å²) in [5.41, 5.74) is 8.74. The Labute approximate surface area is 93.8 Å². The van der Waals surface area contributed by atoms with Gasteiger partial charge in [-0.1, -0.05) is 11.6 Å². The Balaban J connectivity index is 2.41. The minimum atomic E-state index is 0.0825. The number of halogens is 1. The molecular formula is C11H13ClN2O. The molecule has 2 rings (SSSR count). The van der Waals surface area contributed by atoms with Crippen molar-refractivity contribution in [2.75, 3.05) is 12.3 Å². The van der Waals surface area contributed by atoms with E-state index in [1.165, 1.54) is 0 Å². The first kappa shape index (κ1) is 10.3. The highest BCUT2D eigenvalue weighted by molar-refractivity contribution is 6.31. The quantitative estimate of drug-likeness (QED) is 0.684. The van der Waals surface area contributed by atoms with Gasteiger partial charge < -0.3 is 10.6 Å². The molecule has 15 heavy (non-hydrogen) atoms. The highest BCUT2D eigenvalue weighted by Gasteiger charge is 2.21. The Bertz CT molecular complexity index is 417. The van der Waals surface area contributed by atoms with Crippen molar-refractivity contribution in [1.29, 1.82) is 0 Å². The van der Waals surface area contributed by atoms with Crippen molar-refractivity contribution in [3.8, 4) is 0 Å². The molecular weight excluding hydrogens is 212 g/mol. The lowest BCUT2D eigenvalue weighted by molar-refractivity contribution is -0.129. The predicted molar refractivity (Wildman–Crippen MR) is 60.7 cm³/mol. The molecule has 1 heterocycles. The molecule has 0 atom stereocenters. The molecule has 0 bridgehead atoms. The summed E-state index contributed by atoms with van der Waals surface area (Å²) in [4.78, 5) is 13.0. The fourth-order valence-corrected chi connectivity index (χ4v) is 2.17. The molecule has 0 unspecified atom stereocenters. The molecule has 0 aromatic heterocycles. The van der Waals surface area contributed by atoms with Crippen LogP contribution >= 0.6 is 11.6 Å². The monoisotopic (exact) mass is 224 g/mol. The van der Waals surface area contributed by atoms with Gasteiger partial charge in [0.25, 0.3) is 0 Å². The molecule has 2 N–H and O–H groups in total. The molecule has 80 valence electrons. The van der Waals surface area contributed by atoms with E-state index in [9.17, 15) is 4.79 Å². The van der Waals surface area contributed by atoms with Crippen molar-refractivity contribution in [3.05, 3.63) is 28.3 Å². The third kappa shape index (κ3) is 1.79. The number of nitrogens with zero attached hydrogens (tertiary/aromatic N) is 1. The van der Waals surface area contributed by atoms with Crippen LogP contribution in [0.2, 0.25) is 5.02 Å². The third-order valence-corrected chi connectivity index (χ3v) is 3.19. The number of benzene rings is 1. The molecule has 1 amide bonds. The summed E-state index contributed by atoms with van der Waals surface area (Å²) in [6.45, 7) is 2.88. The van der Waals surface area contributed by atoms with Crippen LogP contribution in [0.25, 0.3) is 0 Å². The lowest BCUT2D eigenvalue weighted by Crippen LogP contribution is -2.34. The molecule has 0 fully saturated rings. The Kier molecular flexibility index (Phi) is 2.57. The van der Waals surface area contributed by atoms with Crippen LogP contribution in [0.1, 0.15) is 18.1 Å². The van der Waals surface area contributed by atoms with E-state index in [4.69, 9.17) is 17.3 Å². The van der Waals surface area contributed by atoms with Crippen LogP contribution in [0, 0.1) is 0 Å². The van der Waals surface area contributed by atoms with E-state index in [-0.39, 0.29) is 5.91 Å². The van der Waals surface area contributed by atoms with Gasteiger partial charge in [0.1, 0.15) is 0 Å². The zero-order valence-corrected chi connectivity index (χ0v) is 9.34. The molecule has 0 radical (unpaired) electrons. The molecule has 0 spiro atoms. The van der Waals surface area contributed by atoms with Gasteiger partial charge in [-0.15, -0.1) is 0 Å². The van der Waals surface area contributed by atoms with Crippen LogP contribution in [0.5, 0.6) is 0 Å². The van der Waals surface area contributed by atoms with Gasteiger partial charge in [0, 0.05) is 30.7 Å². The summed E-state index contributed by atoms with van der Waals surface area (Å²) in [6, 6.07) is 3.62. The SMILES string of the molecule is CC(=O)N1CCc2c(N)ccc(Cl)c2C1. The van der Waals surface area contributed by atoms with Crippen molar-refractivity contribution in [1.82, 2.24) is 4.90 Å². The van der Waals surface area contributed by atoms with Gasteiger partial charge in [0.05, 0.1) is 0 Å². The zero-order valence-electron chi connectivity index (χ0n) is 8.59. The van der Waals surface area contributed by atoms with Crippen LogP contribution in [0.4, 0.5) is 5.69 Å². The number of hydrogen-bond donors (Lipinski definition) is 1. The van der Waals surface area contributed by atoms with Gasteiger partial charge in [-0.25, -0.2) is 0 Å². The molecule has 1 aliphatic heterocycles. The molecule has 0 saturated heterocycles. The molecule has 1 aliphatic rings. The standard InChI is InChI=1S/C11H13ClN2O/c1-7(15)14-5-4-8-9(6-14)10(12)2-3-11(8)13/h2-3H,4-6,13H2,1H3. The maximum absolute atomic E-state index is 11.3. The maximum atomic E-state index is 11.3. The molecule has 0 aliphatic carbocycles. The van der Waals surface area contributed by atoms with Crippen LogP contribution in [0.3, 0.4) is 0 Å². The Morgan fingerprint density at radius 3 is 2.87 bits per heavy atom. The van der Waals surface area contributed by atoms with Crippen LogP contribution in [-0.4, -0.2) is 17.4 Å². The van der Waals surface area contributed by atoms with E-state index in [0.717, 1.165) is 29.8 Å². The van der Waals surface area contributed by atoms with Crippen LogP contribution < -0.4 is 5.73 Å². The van der Waals surface area contributed by atoms with E-state index < -0.39 is 0 Å². The normalized spacial score (nSPS) is 14.9. The topological polar surface area (TPSA) is 46.3 Å². The number of carbonyl (C=O) groups is 1. The summed E-state index contributed by atoms with van der Waals surface area (Å²) in [5.74, 6) is 0.0825. The van der Waals surface area contributed by atoms with E-state index in [0.29, 0.717) is 11.6 Å². The first-order valence-electron chi connectivity index (χ1n) is 4.91. The van der Waals surface area contributed by atoms with Gasteiger partial charge in [-0.05, 0) is 29.7 Å². The number of fused-ring (bicyclic) bond motifs is 1. The fraction of sp³-hybridized carbons (Fsp3) is 0.364. The van der Waals surface area contributed by atoms with Gasteiger partial charge in [-0.2, -0.15) is 0 Å². The summed E-state index contributed by atoms with van der Waals surface area (Å²) in [7, 11) is 0. The minimum Gasteiger partial charge on any atom is -0.398 e. The predicted octanol–water partition coefficient (Wildman–Crippen LogP) is 1.83.